The van der Waals surface area contributed by atoms with E-state index in [1.54, 1.807) is 25.3 Å². The molecule has 0 fully saturated rings. The number of carbonyl (C=O) groups is 1. The van der Waals surface area contributed by atoms with Gasteiger partial charge in [0, 0.05) is 29.9 Å². The fourth-order valence-electron chi connectivity index (χ4n) is 3.88. The van der Waals surface area contributed by atoms with Crippen molar-refractivity contribution in [3.8, 4) is 22.6 Å². The average Bonchev–Trinajstić information content (AvgIpc) is 2.82. The molecular formula is C28H34N2O3. The molecule has 0 heterocycles. The van der Waals surface area contributed by atoms with E-state index in [9.17, 15) is 4.79 Å². The van der Waals surface area contributed by atoms with Gasteiger partial charge in [0.1, 0.15) is 6.61 Å². The number of carbonyl (C=O) groups excluding carboxylic acids is 1. The number of methoxy groups -OCH3 is 1. The molecule has 0 atom stereocenters. The van der Waals surface area contributed by atoms with E-state index in [1.165, 1.54) is 0 Å². The summed E-state index contributed by atoms with van der Waals surface area (Å²) >= 11 is 0. The quantitative estimate of drug-likeness (QED) is 0.408. The van der Waals surface area contributed by atoms with Crippen molar-refractivity contribution in [3.63, 3.8) is 0 Å². The molecule has 3 aromatic carbocycles. The van der Waals surface area contributed by atoms with Crippen molar-refractivity contribution in [2.24, 2.45) is 0 Å². The Labute approximate surface area is 197 Å². The number of hydrogen-bond donors (Lipinski definition) is 1. The monoisotopic (exact) mass is 446 g/mol. The Morgan fingerprint density at radius 3 is 2.09 bits per heavy atom. The third-order valence-corrected chi connectivity index (χ3v) is 5.61. The lowest BCUT2D eigenvalue weighted by Crippen LogP contribution is -2.39. The molecule has 1 amide bonds. The van der Waals surface area contributed by atoms with Crippen LogP contribution in [0.25, 0.3) is 11.1 Å². The van der Waals surface area contributed by atoms with Gasteiger partial charge in [0.2, 0.25) is 0 Å². The molecule has 0 saturated heterocycles. The number of anilines is 1. The van der Waals surface area contributed by atoms with Crippen molar-refractivity contribution in [1.29, 1.82) is 0 Å². The van der Waals surface area contributed by atoms with Crippen LogP contribution in [-0.4, -0.2) is 43.2 Å². The van der Waals surface area contributed by atoms with Crippen molar-refractivity contribution >= 4 is 11.6 Å². The second-order valence-electron chi connectivity index (χ2n) is 8.54. The first kappa shape index (κ1) is 24.3. The third kappa shape index (κ3) is 6.59. The van der Waals surface area contributed by atoms with Gasteiger partial charge in [0.15, 0.2) is 11.5 Å². The van der Waals surface area contributed by atoms with Gasteiger partial charge in [-0.15, -0.1) is 0 Å². The van der Waals surface area contributed by atoms with Gasteiger partial charge >= 0.3 is 0 Å². The van der Waals surface area contributed by atoms with Crippen LogP contribution in [0.4, 0.5) is 5.69 Å². The molecule has 0 bridgehead atoms. The van der Waals surface area contributed by atoms with Gasteiger partial charge in [-0.2, -0.15) is 0 Å². The molecule has 0 saturated carbocycles. The summed E-state index contributed by atoms with van der Waals surface area (Å²) in [5.74, 6) is 0.984. The lowest BCUT2D eigenvalue weighted by molar-refractivity contribution is 0.102. The molecule has 0 aliphatic rings. The minimum atomic E-state index is -0.194. The molecular weight excluding hydrogens is 412 g/mol. The number of rotatable bonds is 10. The predicted octanol–water partition coefficient (Wildman–Crippen LogP) is 6.11. The van der Waals surface area contributed by atoms with Crippen LogP contribution >= 0.6 is 0 Å². The van der Waals surface area contributed by atoms with Crippen molar-refractivity contribution in [3.05, 3.63) is 78.4 Å². The van der Waals surface area contributed by atoms with Crippen molar-refractivity contribution in [2.75, 3.05) is 25.6 Å². The van der Waals surface area contributed by atoms with E-state index in [0.29, 0.717) is 35.8 Å². The fraction of sp³-hybridized carbons (Fsp3) is 0.321. The Morgan fingerprint density at radius 2 is 1.48 bits per heavy atom. The van der Waals surface area contributed by atoms with Crippen LogP contribution in [0.15, 0.2) is 72.8 Å². The molecule has 5 nitrogen and oxygen atoms in total. The van der Waals surface area contributed by atoms with Gasteiger partial charge in [-0.25, -0.2) is 0 Å². The van der Waals surface area contributed by atoms with Gasteiger partial charge < -0.3 is 14.8 Å². The molecule has 174 valence electrons. The van der Waals surface area contributed by atoms with Crippen LogP contribution < -0.4 is 14.8 Å². The minimum Gasteiger partial charge on any atom is -0.493 e. The Morgan fingerprint density at radius 1 is 0.848 bits per heavy atom. The summed E-state index contributed by atoms with van der Waals surface area (Å²) < 4.78 is 11.5. The van der Waals surface area contributed by atoms with Crippen LogP contribution in [0.5, 0.6) is 11.5 Å². The normalized spacial score (nSPS) is 11.2. The van der Waals surface area contributed by atoms with Crippen LogP contribution in [-0.2, 0) is 0 Å². The maximum Gasteiger partial charge on any atom is 0.255 e. The van der Waals surface area contributed by atoms with Gasteiger partial charge in [0.25, 0.3) is 5.91 Å². The zero-order valence-electron chi connectivity index (χ0n) is 20.2. The van der Waals surface area contributed by atoms with Crippen LogP contribution in [0.2, 0.25) is 0 Å². The lowest BCUT2D eigenvalue weighted by atomic mass is 10.1. The summed E-state index contributed by atoms with van der Waals surface area (Å²) in [6.45, 7) is 10.0. The summed E-state index contributed by atoms with van der Waals surface area (Å²) in [6.07, 6.45) is 0. The smallest absolute Gasteiger partial charge is 0.255 e. The van der Waals surface area contributed by atoms with Crippen LogP contribution in [0.1, 0.15) is 38.1 Å². The number of benzene rings is 3. The maximum atomic E-state index is 12.9. The topological polar surface area (TPSA) is 50.8 Å². The number of hydrogen-bond acceptors (Lipinski definition) is 4. The first-order chi connectivity index (χ1) is 15.9. The number of ether oxygens (including phenoxy) is 2. The molecule has 0 aromatic heterocycles. The Hall–Kier alpha value is -3.31. The van der Waals surface area contributed by atoms with Gasteiger partial charge in [-0.05, 0) is 69.2 Å². The Kier molecular flexibility index (Phi) is 8.50. The summed E-state index contributed by atoms with van der Waals surface area (Å²) in [7, 11) is 1.60. The van der Waals surface area contributed by atoms with Gasteiger partial charge in [-0.1, -0.05) is 42.5 Å². The molecule has 5 heteroatoms. The number of nitrogens with zero attached hydrogens (tertiary/aromatic N) is 1. The standard InChI is InChI=1S/C28H34N2O3/c1-20(2)30(21(3)4)17-18-33-27-19-24(13-16-26(27)32-5)28(31)29-25-14-11-23(12-15-25)22-9-7-6-8-10-22/h6-16,19-21H,17-18H2,1-5H3,(H,29,31). The summed E-state index contributed by atoms with van der Waals surface area (Å²) in [6, 6.07) is 24.1. The van der Waals surface area contributed by atoms with Crippen molar-refractivity contribution < 1.29 is 14.3 Å². The van der Waals surface area contributed by atoms with E-state index >= 15 is 0 Å². The SMILES string of the molecule is COc1ccc(C(=O)Nc2ccc(-c3ccccc3)cc2)cc1OCCN(C(C)C)C(C)C. The van der Waals surface area contributed by atoms with Crippen molar-refractivity contribution in [2.45, 2.75) is 39.8 Å². The summed E-state index contributed by atoms with van der Waals surface area (Å²) in [5, 5.41) is 2.96. The molecule has 0 unspecified atom stereocenters. The highest BCUT2D eigenvalue weighted by molar-refractivity contribution is 6.04. The van der Waals surface area contributed by atoms with E-state index < -0.39 is 0 Å². The highest BCUT2D eigenvalue weighted by Gasteiger charge is 2.15. The molecule has 0 aliphatic heterocycles. The van der Waals surface area contributed by atoms with E-state index in [-0.39, 0.29) is 5.91 Å². The van der Waals surface area contributed by atoms with Gasteiger partial charge in [0.05, 0.1) is 7.11 Å². The second kappa shape index (κ2) is 11.5. The van der Waals surface area contributed by atoms with Crippen LogP contribution in [0.3, 0.4) is 0 Å². The molecule has 1 N–H and O–H groups in total. The highest BCUT2D eigenvalue weighted by atomic mass is 16.5. The third-order valence-electron chi connectivity index (χ3n) is 5.61. The average molecular weight is 447 g/mol. The van der Waals surface area contributed by atoms with E-state index in [2.05, 4.69) is 50.0 Å². The predicted molar refractivity (Wildman–Crippen MR) is 135 cm³/mol. The Balaban J connectivity index is 1.67. The van der Waals surface area contributed by atoms with Crippen molar-refractivity contribution in [1.82, 2.24) is 4.90 Å². The maximum absolute atomic E-state index is 12.9. The Bertz CT molecular complexity index is 1020. The zero-order valence-corrected chi connectivity index (χ0v) is 20.2. The minimum absolute atomic E-state index is 0.194. The molecule has 0 spiro atoms. The van der Waals surface area contributed by atoms with Crippen LogP contribution in [0, 0.1) is 0 Å². The van der Waals surface area contributed by atoms with E-state index in [0.717, 1.165) is 23.4 Å². The van der Waals surface area contributed by atoms with E-state index in [4.69, 9.17) is 9.47 Å². The first-order valence-corrected chi connectivity index (χ1v) is 11.4. The molecule has 0 radical (unpaired) electrons. The molecule has 0 aliphatic carbocycles. The molecule has 33 heavy (non-hydrogen) atoms. The highest BCUT2D eigenvalue weighted by Crippen LogP contribution is 2.29. The summed E-state index contributed by atoms with van der Waals surface area (Å²) in [5.41, 5.74) is 3.50. The first-order valence-electron chi connectivity index (χ1n) is 11.4. The number of amides is 1. The molecule has 3 rings (SSSR count). The fourth-order valence-corrected chi connectivity index (χ4v) is 3.88. The van der Waals surface area contributed by atoms with E-state index in [1.807, 2.05) is 42.5 Å². The second-order valence-corrected chi connectivity index (χ2v) is 8.54. The summed E-state index contributed by atoms with van der Waals surface area (Å²) in [4.78, 5) is 15.2. The lowest BCUT2D eigenvalue weighted by Gasteiger charge is -2.30. The zero-order chi connectivity index (χ0) is 23.8. The largest absolute Gasteiger partial charge is 0.493 e. The number of nitrogens with one attached hydrogen (secondary N) is 1. The molecule has 3 aromatic rings. The van der Waals surface area contributed by atoms with Gasteiger partial charge in [-0.3, -0.25) is 9.69 Å².